The fourth-order valence-corrected chi connectivity index (χ4v) is 2.49. The number of benzene rings is 1. The Labute approximate surface area is 113 Å². The SMILES string of the molecule is Cc1nnsc1C(=O)CCc1c(F)cccc1Cl. The number of rotatable bonds is 4. The molecular formula is C12H10ClFN2OS. The summed E-state index contributed by atoms with van der Waals surface area (Å²) in [6.45, 7) is 1.73. The van der Waals surface area contributed by atoms with E-state index in [0.717, 1.165) is 11.5 Å². The van der Waals surface area contributed by atoms with Gasteiger partial charge in [-0.25, -0.2) is 4.39 Å². The van der Waals surface area contributed by atoms with E-state index in [9.17, 15) is 9.18 Å². The van der Waals surface area contributed by atoms with E-state index in [1.165, 1.54) is 6.07 Å². The van der Waals surface area contributed by atoms with Gasteiger partial charge in [0.15, 0.2) is 5.78 Å². The van der Waals surface area contributed by atoms with E-state index in [1.807, 2.05) is 0 Å². The van der Waals surface area contributed by atoms with Crippen molar-refractivity contribution in [2.45, 2.75) is 19.8 Å². The van der Waals surface area contributed by atoms with Gasteiger partial charge in [0.05, 0.1) is 5.69 Å². The molecule has 1 aromatic heterocycles. The number of Topliss-reactive ketones (excluding diaryl/α,β-unsaturated/α-hetero) is 1. The van der Waals surface area contributed by atoms with Crippen LogP contribution in [0.2, 0.25) is 5.02 Å². The third-order valence-corrected chi connectivity index (χ3v) is 3.79. The van der Waals surface area contributed by atoms with Gasteiger partial charge in [-0.05, 0) is 37.0 Å². The Balaban J connectivity index is 2.09. The first-order valence-electron chi connectivity index (χ1n) is 5.34. The van der Waals surface area contributed by atoms with Gasteiger partial charge >= 0.3 is 0 Å². The lowest BCUT2D eigenvalue weighted by molar-refractivity contribution is 0.0986. The number of ketones is 1. The molecule has 6 heteroatoms. The second kappa shape index (κ2) is 5.54. The largest absolute Gasteiger partial charge is 0.293 e. The van der Waals surface area contributed by atoms with Gasteiger partial charge in [-0.3, -0.25) is 4.79 Å². The van der Waals surface area contributed by atoms with Crippen molar-refractivity contribution in [1.29, 1.82) is 0 Å². The number of hydrogen-bond acceptors (Lipinski definition) is 4. The van der Waals surface area contributed by atoms with E-state index >= 15 is 0 Å². The topological polar surface area (TPSA) is 42.9 Å². The van der Waals surface area contributed by atoms with Gasteiger partial charge in [0.25, 0.3) is 0 Å². The second-order valence-corrected chi connectivity index (χ2v) is 4.97. The van der Waals surface area contributed by atoms with Gasteiger partial charge < -0.3 is 0 Å². The van der Waals surface area contributed by atoms with E-state index in [4.69, 9.17) is 11.6 Å². The average Bonchev–Trinajstić information content (AvgIpc) is 2.74. The summed E-state index contributed by atoms with van der Waals surface area (Å²) in [5.74, 6) is -0.462. The van der Waals surface area contributed by atoms with E-state index in [2.05, 4.69) is 9.59 Å². The summed E-state index contributed by atoms with van der Waals surface area (Å²) in [5, 5.41) is 4.12. The van der Waals surface area contributed by atoms with E-state index in [1.54, 1.807) is 19.1 Å². The molecule has 0 saturated carbocycles. The van der Waals surface area contributed by atoms with Crippen LogP contribution in [0.3, 0.4) is 0 Å². The van der Waals surface area contributed by atoms with Crippen molar-refractivity contribution in [1.82, 2.24) is 9.59 Å². The van der Waals surface area contributed by atoms with Crippen molar-refractivity contribution in [2.24, 2.45) is 0 Å². The zero-order chi connectivity index (χ0) is 13.1. The first-order valence-corrected chi connectivity index (χ1v) is 6.49. The van der Waals surface area contributed by atoms with Crippen LogP contribution in [0.1, 0.15) is 27.3 Å². The number of carbonyl (C=O) groups excluding carboxylic acids is 1. The Morgan fingerprint density at radius 3 is 2.89 bits per heavy atom. The van der Waals surface area contributed by atoms with Crippen LogP contribution in [0.5, 0.6) is 0 Å². The van der Waals surface area contributed by atoms with Gasteiger partial charge in [0, 0.05) is 17.0 Å². The molecule has 0 fully saturated rings. The van der Waals surface area contributed by atoms with Crippen LogP contribution in [0.4, 0.5) is 4.39 Å². The summed E-state index contributed by atoms with van der Waals surface area (Å²) in [7, 11) is 0. The zero-order valence-electron chi connectivity index (χ0n) is 9.61. The molecule has 0 bridgehead atoms. The average molecular weight is 285 g/mol. The highest BCUT2D eigenvalue weighted by Gasteiger charge is 2.15. The predicted molar refractivity (Wildman–Crippen MR) is 68.7 cm³/mol. The molecule has 0 amide bonds. The molecule has 0 saturated heterocycles. The highest BCUT2D eigenvalue weighted by Crippen LogP contribution is 2.22. The fourth-order valence-electron chi connectivity index (χ4n) is 1.61. The molecule has 0 radical (unpaired) electrons. The Morgan fingerprint density at radius 2 is 2.28 bits per heavy atom. The molecule has 0 aliphatic rings. The van der Waals surface area contributed by atoms with Crippen molar-refractivity contribution in [3.05, 3.63) is 45.2 Å². The van der Waals surface area contributed by atoms with Gasteiger partial charge in [0.1, 0.15) is 10.7 Å². The molecule has 0 atom stereocenters. The van der Waals surface area contributed by atoms with Crippen molar-refractivity contribution in [2.75, 3.05) is 0 Å². The normalized spacial score (nSPS) is 10.6. The first-order chi connectivity index (χ1) is 8.59. The molecule has 0 aliphatic heterocycles. The van der Waals surface area contributed by atoms with Crippen molar-refractivity contribution in [3.63, 3.8) is 0 Å². The van der Waals surface area contributed by atoms with Gasteiger partial charge in [-0.2, -0.15) is 0 Å². The minimum atomic E-state index is -0.380. The Bertz CT molecular complexity index is 565. The summed E-state index contributed by atoms with van der Waals surface area (Å²) < 4.78 is 17.2. The lowest BCUT2D eigenvalue weighted by atomic mass is 10.1. The summed E-state index contributed by atoms with van der Waals surface area (Å²) >= 11 is 6.96. The Hall–Kier alpha value is -1.33. The Morgan fingerprint density at radius 1 is 1.50 bits per heavy atom. The van der Waals surface area contributed by atoms with Crippen LogP contribution in [0.25, 0.3) is 0 Å². The minimum absolute atomic E-state index is 0.0816. The molecule has 0 spiro atoms. The van der Waals surface area contributed by atoms with E-state index < -0.39 is 0 Å². The van der Waals surface area contributed by atoms with Crippen LogP contribution < -0.4 is 0 Å². The van der Waals surface area contributed by atoms with Crippen LogP contribution in [-0.4, -0.2) is 15.4 Å². The third kappa shape index (κ3) is 2.73. The monoisotopic (exact) mass is 284 g/mol. The highest BCUT2D eigenvalue weighted by atomic mass is 35.5. The highest BCUT2D eigenvalue weighted by molar-refractivity contribution is 7.08. The maximum atomic E-state index is 13.5. The third-order valence-electron chi connectivity index (χ3n) is 2.57. The van der Waals surface area contributed by atoms with Gasteiger partial charge in [-0.15, -0.1) is 5.10 Å². The molecule has 18 heavy (non-hydrogen) atoms. The smallest absolute Gasteiger partial charge is 0.176 e. The van der Waals surface area contributed by atoms with E-state index in [0.29, 0.717) is 21.2 Å². The second-order valence-electron chi connectivity index (χ2n) is 3.81. The number of aryl methyl sites for hydroxylation is 1. The summed E-state index contributed by atoms with van der Waals surface area (Å²) in [4.78, 5) is 12.4. The predicted octanol–water partition coefficient (Wildman–Crippen LogP) is 3.45. The first kappa shape index (κ1) is 13.1. The minimum Gasteiger partial charge on any atom is -0.293 e. The van der Waals surface area contributed by atoms with Gasteiger partial charge in [0.2, 0.25) is 0 Å². The quantitative estimate of drug-likeness (QED) is 0.808. The van der Waals surface area contributed by atoms with Gasteiger partial charge in [-0.1, -0.05) is 22.2 Å². The molecule has 1 aromatic carbocycles. The number of hydrogen-bond donors (Lipinski definition) is 0. The molecule has 2 rings (SSSR count). The molecule has 94 valence electrons. The van der Waals surface area contributed by atoms with E-state index in [-0.39, 0.29) is 24.4 Å². The number of carbonyl (C=O) groups is 1. The summed E-state index contributed by atoms with van der Waals surface area (Å²) in [6, 6.07) is 4.50. The maximum Gasteiger partial charge on any atom is 0.176 e. The molecule has 1 heterocycles. The molecule has 3 nitrogen and oxygen atoms in total. The standard InChI is InChI=1S/C12H10ClFN2OS/c1-7-12(18-16-15-7)11(17)6-5-8-9(13)3-2-4-10(8)14/h2-4H,5-6H2,1H3. The Kier molecular flexibility index (Phi) is 4.04. The van der Waals surface area contributed by atoms with Crippen molar-refractivity contribution < 1.29 is 9.18 Å². The number of nitrogens with zero attached hydrogens (tertiary/aromatic N) is 2. The lowest BCUT2D eigenvalue weighted by Crippen LogP contribution is -2.02. The molecule has 0 unspecified atom stereocenters. The van der Waals surface area contributed by atoms with Crippen LogP contribution >= 0.6 is 23.1 Å². The molecular weight excluding hydrogens is 275 g/mol. The van der Waals surface area contributed by atoms with Crippen LogP contribution in [-0.2, 0) is 6.42 Å². The molecule has 2 aromatic rings. The van der Waals surface area contributed by atoms with Crippen LogP contribution in [0.15, 0.2) is 18.2 Å². The number of halogens is 2. The molecule has 0 N–H and O–H groups in total. The zero-order valence-corrected chi connectivity index (χ0v) is 11.2. The summed E-state index contributed by atoms with van der Waals surface area (Å²) in [5.41, 5.74) is 0.993. The maximum absolute atomic E-state index is 13.5. The van der Waals surface area contributed by atoms with Crippen molar-refractivity contribution in [3.8, 4) is 0 Å². The number of aromatic nitrogens is 2. The van der Waals surface area contributed by atoms with Crippen LogP contribution in [0, 0.1) is 12.7 Å². The molecule has 0 aliphatic carbocycles. The lowest BCUT2D eigenvalue weighted by Gasteiger charge is -2.04. The fraction of sp³-hybridized carbons (Fsp3) is 0.250. The summed E-state index contributed by atoms with van der Waals surface area (Å²) in [6.07, 6.45) is 0.479. The van der Waals surface area contributed by atoms with Crippen molar-refractivity contribution >= 4 is 28.9 Å².